The molecule has 0 radical (unpaired) electrons. The van der Waals surface area contributed by atoms with Gasteiger partial charge >= 0.3 is 0 Å². The average Bonchev–Trinajstić information content (AvgIpc) is 3.02. The third kappa shape index (κ3) is 1.46. The molecular formula is C16H21N3S. The summed E-state index contributed by atoms with van der Waals surface area (Å²) in [6.07, 6.45) is 5.68. The van der Waals surface area contributed by atoms with Crippen LogP contribution in [0.5, 0.6) is 0 Å². The number of nitrogens with zero attached hydrogens (tertiary/aromatic N) is 2. The van der Waals surface area contributed by atoms with Crippen molar-refractivity contribution in [3.8, 4) is 0 Å². The molecule has 20 heavy (non-hydrogen) atoms. The molecule has 2 heterocycles. The number of anilines is 1. The van der Waals surface area contributed by atoms with Crippen molar-refractivity contribution in [2.45, 2.75) is 46.1 Å². The minimum atomic E-state index is 0.380. The van der Waals surface area contributed by atoms with Gasteiger partial charge in [-0.05, 0) is 47.5 Å². The van der Waals surface area contributed by atoms with Crippen LogP contribution in [0.2, 0.25) is 0 Å². The molecule has 2 aliphatic carbocycles. The Balaban J connectivity index is 1.69. The molecule has 0 amide bonds. The zero-order valence-electron chi connectivity index (χ0n) is 12.3. The number of fused-ring (bicyclic) bond motifs is 3. The molecule has 106 valence electrons. The minimum Gasteiger partial charge on any atom is -0.366 e. The van der Waals surface area contributed by atoms with Crippen molar-refractivity contribution >= 4 is 27.4 Å². The molecule has 3 nitrogen and oxygen atoms in total. The van der Waals surface area contributed by atoms with E-state index in [-0.39, 0.29) is 0 Å². The second-order valence-electron chi connectivity index (χ2n) is 7.17. The summed E-state index contributed by atoms with van der Waals surface area (Å²) < 4.78 is 0. The molecule has 4 rings (SSSR count). The van der Waals surface area contributed by atoms with Crippen molar-refractivity contribution in [1.82, 2.24) is 9.97 Å². The van der Waals surface area contributed by atoms with Gasteiger partial charge in [0, 0.05) is 6.04 Å². The van der Waals surface area contributed by atoms with Crippen LogP contribution in [0.1, 0.15) is 40.0 Å². The second-order valence-corrected chi connectivity index (χ2v) is 8.06. The number of thiophene rings is 1. The number of hydrogen-bond donors (Lipinski definition) is 1. The van der Waals surface area contributed by atoms with E-state index < -0.39 is 0 Å². The number of nitrogens with one attached hydrogen (secondary N) is 1. The summed E-state index contributed by atoms with van der Waals surface area (Å²) in [4.78, 5) is 9.91. The summed E-state index contributed by atoms with van der Waals surface area (Å²) in [6, 6.07) is 2.66. The Morgan fingerprint density at radius 2 is 2.15 bits per heavy atom. The van der Waals surface area contributed by atoms with E-state index in [4.69, 9.17) is 0 Å². The van der Waals surface area contributed by atoms with Gasteiger partial charge in [-0.25, -0.2) is 9.97 Å². The Kier molecular flexibility index (Phi) is 2.48. The first-order chi connectivity index (χ1) is 9.52. The Labute approximate surface area is 123 Å². The predicted molar refractivity (Wildman–Crippen MR) is 84.1 cm³/mol. The number of rotatable bonds is 2. The fraction of sp³-hybridized carbons (Fsp3) is 0.625. The molecule has 0 unspecified atom stereocenters. The molecule has 0 aromatic carbocycles. The lowest BCUT2D eigenvalue weighted by Crippen LogP contribution is -2.40. The van der Waals surface area contributed by atoms with Crippen molar-refractivity contribution < 1.29 is 0 Å². The summed E-state index contributed by atoms with van der Waals surface area (Å²) in [5.41, 5.74) is 0.816. The van der Waals surface area contributed by atoms with Crippen LogP contribution in [0.4, 0.5) is 5.82 Å². The smallest absolute Gasteiger partial charge is 0.138 e. The predicted octanol–water partition coefficient (Wildman–Crippen LogP) is 4.32. The first-order valence-corrected chi connectivity index (χ1v) is 8.35. The van der Waals surface area contributed by atoms with Gasteiger partial charge in [-0.2, -0.15) is 0 Å². The number of aromatic nitrogens is 2. The van der Waals surface area contributed by atoms with Crippen LogP contribution in [-0.4, -0.2) is 16.0 Å². The molecule has 0 saturated heterocycles. The van der Waals surface area contributed by atoms with E-state index in [1.807, 2.05) is 0 Å². The summed E-state index contributed by atoms with van der Waals surface area (Å²) in [7, 11) is 0. The molecule has 2 saturated carbocycles. The SMILES string of the molecule is CC1(C)[C@@H]2CC[C@@]1(C)[C@H](Nc1ncnc3sccc13)C2. The molecule has 2 aromatic heterocycles. The van der Waals surface area contributed by atoms with Crippen LogP contribution < -0.4 is 5.32 Å². The maximum atomic E-state index is 4.49. The maximum Gasteiger partial charge on any atom is 0.138 e. The highest BCUT2D eigenvalue weighted by atomic mass is 32.1. The summed E-state index contributed by atoms with van der Waals surface area (Å²) in [5, 5.41) is 7.02. The van der Waals surface area contributed by atoms with E-state index in [1.54, 1.807) is 17.7 Å². The lowest BCUT2D eigenvalue weighted by molar-refractivity contribution is 0.142. The zero-order chi connectivity index (χ0) is 14.0. The van der Waals surface area contributed by atoms with Crippen LogP contribution in [0.25, 0.3) is 10.2 Å². The Bertz CT molecular complexity index is 663. The number of hydrogen-bond acceptors (Lipinski definition) is 4. The van der Waals surface area contributed by atoms with Crippen LogP contribution in [0.3, 0.4) is 0 Å². The highest BCUT2D eigenvalue weighted by Crippen LogP contribution is 2.65. The Hall–Kier alpha value is -1.16. The van der Waals surface area contributed by atoms with Crippen LogP contribution in [0, 0.1) is 16.7 Å². The fourth-order valence-corrected chi connectivity index (χ4v) is 5.22. The largest absolute Gasteiger partial charge is 0.366 e. The summed E-state index contributed by atoms with van der Waals surface area (Å²) in [5.74, 6) is 1.87. The molecule has 1 N–H and O–H groups in total. The molecule has 2 fully saturated rings. The second kappa shape index (κ2) is 3.94. The Morgan fingerprint density at radius 3 is 2.85 bits per heavy atom. The fourth-order valence-electron chi connectivity index (χ4n) is 4.49. The van der Waals surface area contributed by atoms with E-state index in [0.29, 0.717) is 16.9 Å². The zero-order valence-corrected chi connectivity index (χ0v) is 13.1. The molecule has 2 aliphatic rings. The molecule has 2 aromatic rings. The third-order valence-corrected chi connectivity index (χ3v) is 7.19. The minimum absolute atomic E-state index is 0.380. The monoisotopic (exact) mass is 287 g/mol. The van der Waals surface area contributed by atoms with E-state index >= 15 is 0 Å². The van der Waals surface area contributed by atoms with Gasteiger partial charge in [0.2, 0.25) is 0 Å². The van der Waals surface area contributed by atoms with Gasteiger partial charge in [0.05, 0.1) is 5.39 Å². The standard InChI is InChI=1S/C16H21N3S/c1-15(2)10-4-6-16(15,3)12(8-10)19-13-11-5-7-20-14(11)18-9-17-13/h5,7,9-10,12H,4,6,8H2,1-3H3,(H,17,18,19)/t10-,12-,16+/m1/s1. The van der Waals surface area contributed by atoms with Crippen LogP contribution >= 0.6 is 11.3 Å². The lowest BCUT2D eigenvalue weighted by Gasteiger charge is -2.39. The topological polar surface area (TPSA) is 37.8 Å². The summed E-state index contributed by atoms with van der Waals surface area (Å²) >= 11 is 1.68. The van der Waals surface area contributed by atoms with E-state index in [2.05, 4.69) is 47.5 Å². The van der Waals surface area contributed by atoms with Gasteiger partial charge in [0.1, 0.15) is 17.0 Å². The summed E-state index contributed by atoms with van der Waals surface area (Å²) in [6.45, 7) is 7.36. The van der Waals surface area contributed by atoms with Crippen LogP contribution in [-0.2, 0) is 0 Å². The lowest BCUT2D eigenvalue weighted by atomic mass is 9.69. The first kappa shape index (κ1) is 12.6. The quantitative estimate of drug-likeness (QED) is 0.894. The van der Waals surface area contributed by atoms with Crippen molar-refractivity contribution in [1.29, 1.82) is 0 Å². The molecule has 0 aliphatic heterocycles. The van der Waals surface area contributed by atoms with Gasteiger partial charge < -0.3 is 5.32 Å². The Morgan fingerprint density at radius 1 is 1.30 bits per heavy atom. The molecular weight excluding hydrogens is 266 g/mol. The van der Waals surface area contributed by atoms with Gasteiger partial charge in [0.15, 0.2) is 0 Å². The molecule has 0 spiro atoms. The van der Waals surface area contributed by atoms with Crippen molar-refractivity contribution in [3.63, 3.8) is 0 Å². The third-order valence-electron chi connectivity index (χ3n) is 6.37. The average molecular weight is 287 g/mol. The first-order valence-electron chi connectivity index (χ1n) is 7.47. The highest BCUT2D eigenvalue weighted by Gasteiger charge is 2.61. The van der Waals surface area contributed by atoms with Gasteiger partial charge in [0.25, 0.3) is 0 Å². The molecule has 4 heteroatoms. The van der Waals surface area contributed by atoms with E-state index in [9.17, 15) is 0 Å². The van der Waals surface area contributed by atoms with E-state index in [1.165, 1.54) is 24.6 Å². The molecule has 3 atom stereocenters. The van der Waals surface area contributed by atoms with E-state index in [0.717, 1.165) is 16.6 Å². The normalized spacial score (nSPS) is 34.8. The van der Waals surface area contributed by atoms with Gasteiger partial charge in [-0.1, -0.05) is 20.8 Å². The van der Waals surface area contributed by atoms with Gasteiger partial charge in [-0.15, -0.1) is 11.3 Å². The highest BCUT2D eigenvalue weighted by molar-refractivity contribution is 7.16. The van der Waals surface area contributed by atoms with Crippen molar-refractivity contribution in [2.75, 3.05) is 5.32 Å². The maximum absolute atomic E-state index is 4.49. The van der Waals surface area contributed by atoms with Crippen molar-refractivity contribution in [3.05, 3.63) is 17.8 Å². The van der Waals surface area contributed by atoms with Crippen molar-refractivity contribution in [2.24, 2.45) is 16.7 Å². The van der Waals surface area contributed by atoms with Crippen LogP contribution in [0.15, 0.2) is 17.8 Å². The molecule has 2 bridgehead atoms. The van der Waals surface area contributed by atoms with Gasteiger partial charge in [-0.3, -0.25) is 0 Å².